The maximum absolute atomic E-state index is 5.87. The van der Waals surface area contributed by atoms with Crippen LogP contribution in [-0.4, -0.2) is 12.1 Å². The number of anilines is 1. The van der Waals surface area contributed by atoms with Crippen LogP contribution in [0.4, 0.5) is 5.69 Å². The molecule has 3 nitrogen and oxygen atoms in total. The molecule has 0 spiro atoms. The molecule has 0 saturated carbocycles. The molecule has 1 aromatic carbocycles. The fourth-order valence-corrected chi connectivity index (χ4v) is 1.58. The van der Waals surface area contributed by atoms with Crippen LogP contribution in [-0.2, 0) is 0 Å². The fraction of sp³-hybridized carbons (Fsp3) is 0.0833. The molecule has 0 atom stereocenters. The topological polar surface area (TPSA) is 48.1 Å². The molecule has 0 unspecified atom stereocenters. The van der Waals surface area contributed by atoms with Crippen LogP contribution >= 0.6 is 11.6 Å². The Morgan fingerprint density at radius 1 is 1.31 bits per heavy atom. The molecule has 2 N–H and O–H groups in total. The van der Waals surface area contributed by atoms with Gasteiger partial charge in [-0.25, -0.2) is 0 Å². The minimum atomic E-state index is 0.534. The second kappa shape index (κ2) is 4.41. The molecule has 2 aromatic rings. The summed E-state index contributed by atoms with van der Waals surface area (Å²) in [5.41, 5.74) is 7.93. The molecule has 2 rings (SSSR count). The van der Waals surface area contributed by atoms with E-state index in [0.717, 1.165) is 11.3 Å². The van der Waals surface area contributed by atoms with Gasteiger partial charge in [-0.1, -0.05) is 17.7 Å². The van der Waals surface area contributed by atoms with E-state index in [9.17, 15) is 0 Å². The number of halogens is 1. The second-order valence-electron chi connectivity index (χ2n) is 3.29. The number of benzene rings is 1. The first-order valence-corrected chi connectivity index (χ1v) is 5.14. The van der Waals surface area contributed by atoms with Gasteiger partial charge in [-0.2, -0.15) is 0 Å². The molecule has 0 fully saturated rings. The highest BCUT2D eigenvalue weighted by Gasteiger charge is 2.07. The van der Waals surface area contributed by atoms with E-state index in [4.69, 9.17) is 22.1 Å². The van der Waals surface area contributed by atoms with Gasteiger partial charge >= 0.3 is 0 Å². The van der Waals surface area contributed by atoms with Gasteiger partial charge in [0.2, 0.25) is 0 Å². The quantitative estimate of drug-likeness (QED) is 0.813. The van der Waals surface area contributed by atoms with Crippen molar-refractivity contribution in [2.24, 2.45) is 0 Å². The number of ether oxygens (including phenoxy) is 1. The lowest BCUT2D eigenvalue weighted by Gasteiger charge is -2.08. The molecule has 0 radical (unpaired) electrons. The molecule has 0 aliphatic carbocycles. The van der Waals surface area contributed by atoms with Crippen LogP contribution in [0.15, 0.2) is 36.5 Å². The number of rotatable bonds is 2. The summed E-state index contributed by atoms with van der Waals surface area (Å²) in [4.78, 5) is 4.27. The lowest BCUT2D eigenvalue weighted by Crippen LogP contribution is -1.92. The Morgan fingerprint density at radius 2 is 2.12 bits per heavy atom. The van der Waals surface area contributed by atoms with Gasteiger partial charge in [-0.05, 0) is 24.3 Å². The molecule has 4 heteroatoms. The molecule has 16 heavy (non-hydrogen) atoms. The van der Waals surface area contributed by atoms with Crippen LogP contribution in [0.25, 0.3) is 11.3 Å². The predicted octanol–water partition coefficient (Wildman–Crippen LogP) is 2.99. The van der Waals surface area contributed by atoms with Crippen LogP contribution < -0.4 is 10.5 Å². The van der Waals surface area contributed by atoms with E-state index in [0.29, 0.717) is 16.5 Å². The molecular formula is C12H11ClN2O. The third-order valence-electron chi connectivity index (χ3n) is 2.26. The SMILES string of the molecule is COc1cccnc1-c1ccc(Cl)c(N)c1. The van der Waals surface area contributed by atoms with Crippen molar-refractivity contribution in [2.75, 3.05) is 12.8 Å². The first kappa shape index (κ1) is 10.8. The minimum absolute atomic E-state index is 0.534. The maximum Gasteiger partial charge on any atom is 0.145 e. The Hall–Kier alpha value is -1.74. The lowest BCUT2D eigenvalue weighted by atomic mass is 10.1. The van der Waals surface area contributed by atoms with Crippen LogP contribution in [0.3, 0.4) is 0 Å². The van der Waals surface area contributed by atoms with E-state index in [1.54, 1.807) is 25.4 Å². The number of hydrogen-bond donors (Lipinski definition) is 1. The van der Waals surface area contributed by atoms with Crippen LogP contribution in [0.5, 0.6) is 5.75 Å². The van der Waals surface area contributed by atoms with Gasteiger partial charge in [0, 0.05) is 11.8 Å². The summed E-state index contributed by atoms with van der Waals surface area (Å²) < 4.78 is 5.23. The van der Waals surface area contributed by atoms with Crippen LogP contribution in [0.2, 0.25) is 5.02 Å². The summed E-state index contributed by atoms with van der Waals surface area (Å²) in [6.45, 7) is 0. The summed E-state index contributed by atoms with van der Waals surface area (Å²) >= 11 is 5.87. The Balaban J connectivity index is 2.54. The van der Waals surface area contributed by atoms with E-state index in [-0.39, 0.29) is 0 Å². The Kier molecular flexibility index (Phi) is 2.97. The van der Waals surface area contributed by atoms with Crippen molar-refractivity contribution in [2.45, 2.75) is 0 Å². The molecular weight excluding hydrogens is 224 g/mol. The largest absolute Gasteiger partial charge is 0.494 e. The molecule has 0 amide bonds. The number of nitrogen functional groups attached to an aromatic ring is 1. The summed E-state index contributed by atoms with van der Waals surface area (Å²) in [6, 6.07) is 9.08. The van der Waals surface area contributed by atoms with E-state index in [1.807, 2.05) is 18.2 Å². The molecule has 0 bridgehead atoms. The number of pyridine rings is 1. The first-order chi connectivity index (χ1) is 7.72. The van der Waals surface area contributed by atoms with Gasteiger partial charge < -0.3 is 10.5 Å². The zero-order chi connectivity index (χ0) is 11.5. The Morgan fingerprint density at radius 3 is 2.81 bits per heavy atom. The molecule has 1 aromatic heterocycles. The summed E-state index contributed by atoms with van der Waals surface area (Å²) in [5.74, 6) is 0.712. The van der Waals surface area contributed by atoms with Gasteiger partial charge in [-0.15, -0.1) is 0 Å². The van der Waals surface area contributed by atoms with E-state index >= 15 is 0 Å². The molecule has 1 heterocycles. The normalized spacial score (nSPS) is 10.1. The van der Waals surface area contributed by atoms with Crippen molar-refractivity contribution < 1.29 is 4.74 Å². The van der Waals surface area contributed by atoms with E-state index in [2.05, 4.69) is 4.98 Å². The molecule has 0 saturated heterocycles. The van der Waals surface area contributed by atoms with Crippen molar-refractivity contribution in [1.82, 2.24) is 4.98 Å². The zero-order valence-corrected chi connectivity index (χ0v) is 9.53. The fourth-order valence-electron chi connectivity index (χ4n) is 1.46. The summed E-state index contributed by atoms with van der Waals surface area (Å²) in [6.07, 6.45) is 1.71. The van der Waals surface area contributed by atoms with Gasteiger partial charge in [0.25, 0.3) is 0 Å². The highest BCUT2D eigenvalue weighted by atomic mass is 35.5. The van der Waals surface area contributed by atoms with Gasteiger partial charge in [-0.3, -0.25) is 4.98 Å². The van der Waals surface area contributed by atoms with Gasteiger partial charge in [0.15, 0.2) is 0 Å². The smallest absolute Gasteiger partial charge is 0.145 e. The average Bonchev–Trinajstić information content (AvgIpc) is 2.32. The number of methoxy groups -OCH3 is 1. The van der Waals surface area contributed by atoms with Crippen molar-refractivity contribution in [3.63, 3.8) is 0 Å². The number of nitrogens with two attached hydrogens (primary N) is 1. The lowest BCUT2D eigenvalue weighted by molar-refractivity contribution is 0.415. The van der Waals surface area contributed by atoms with Crippen molar-refractivity contribution in [1.29, 1.82) is 0 Å². The predicted molar refractivity (Wildman–Crippen MR) is 65.6 cm³/mol. The second-order valence-corrected chi connectivity index (χ2v) is 3.70. The number of hydrogen-bond acceptors (Lipinski definition) is 3. The third kappa shape index (κ3) is 1.95. The molecule has 82 valence electrons. The maximum atomic E-state index is 5.87. The zero-order valence-electron chi connectivity index (χ0n) is 8.77. The molecule has 0 aliphatic heterocycles. The highest BCUT2D eigenvalue weighted by molar-refractivity contribution is 6.33. The number of aromatic nitrogens is 1. The van der Waals surface area contributed by atoms with Crippen LogP contribution in [0, 0.1) is 0 Å². The average molecular weight is 235 g/mol. The third-order valence-corrected chi connectivity index (χ3v) is 2.60. The van der Waals surface area contributed by atoms with Crippen molar-refractivity contribution in [3.8, 4) is 17.0 Å². The monoisotopic (exact) mass is 234 g/mol. The first-order valence-electron chi connectivity index (χ1n) is 4.77. The van der Waals surface area contributed by atoms with E-state index in [1.165, 1.54) is 0 Å². The minimum Gasteiger partial charge on any atom is -0.494 e. The highest BCUT2D eigenvalue weighted by Crippen LogP contribution is 2.30. The Labute approximate surface area is 98.8 Å². The van der Waals surface area contributed by atoms with Gasteiger partial charge in [0.05, 0.1) is 17.8 Å². The van der Waals surface area contributed by atoms with E-state index < -0.39 is 0 Å². The summed E-state index contributed by atoms with van der Waals surface area (Å²) in [7, 11) is 1.61. The van der Waals surface area contributed by atoms with Crippen molar-refractivity contribution >= 4 is 17.3 Å². The number of nitrogens with zero attached hydrogens (tertiary/aromatic N) is 1. The van der Waals surface area contributed by atoms with Gasteiger partial charge in [0.1, 0.15) is 11.4 Å². The Bertz CT molecular complexity index is 514. The summed E-state index contributed by atoms with van der Waals surface area (Å²) in [5, 5.41) is 0.540. The van der Waals surface area contributed by atoms with Crippen molar-refractivity contribution in [3.05, 3.63) is 41.6 Å². The standard InChI is InChI=1S/C12H11ClN2O/c1-16-11-3-2-6-15-12(11)8-4-5-9(13)10(14)7-8/h2-7H,14H2,1H3. The molecule has 0 aliphatic rings. The van der Waals surface area contributed by atoms with Crippen LogP contribution in [0.1, 0.15) is 0 Å².